The Kier molecular flexibility index (Phi) is 3.72. The maximum atomic E-state index is 13.1. The van der Waals surface area contributed by atoms with Crippen LogP contribution < -0.4 is 9.64 Å². The summed E-state index contributed by atoms with van der Waals surface area (Å²) in [5.41, 5.74) is 1.80. The van der Waals surface area contributed by atoms with Crippen LogP contribution >= 0.6 is 0 Å². The summed E-state index contributed by atoms with van der Waals surface area (Å²) in [5.74, 6) is -0.982. The molecule has 0 spiro atoms. The van der Waals surface area contributed by atoms with Crippen LogP contribution in [0, 0.1) is 30.6 Å². The fourth-order valence-electron chi connectivity index (χ4n) is 4.72. The predicted octanol–water partition coefficient (Wildman–Crippen LogP) is 3.53. The standard InChI is InChI=1S/C23H19NO4/c1-13-6-8-14(9-7-13)23(27)28-18-5-3-2-4-17(18)24-21(25)19-15-10-11-16(12-15)20(19)22(24)26/h2-11,15-16,19-20H,12H2,1H3/t15-,16-,19+,20+/m0/s1. The normalized spacial score (nSPS) is 27.4. The lowest BCUT2D eigenvalue weighted by molar-refractivity contribution is -0.123. The molecule has 1 saturated heterocycles. The molecule has 0 N–H and O–H groups in total. The Hall–Kier alpha value is -3.21. The smallest absolute Gasteiger partial charge is 0.343 e. The van der Waals surface area contributed by atoms with Crippen LogP contribution in [0.3, 0.4) is 0 Å². The third-order valence-electron chi connectivity index (χ3n) is 6.07. The monoisotopic (exact) mass is 373 g/mol. The Morgan fingerprint density at radius 3 is 2.18 bits per heavy atom. The molecule has 1 saturated carbocycles. The molecule has 0 aromatic heterocycles. The molecule has 5 nitrogen and oxygen atoms in total. The molecule has 3 aliphatic rings. The number of esters is 1. The van der Waals surface area contributed by atoms with Gasteiger partial charge in [-0.1, -0.05) is 42.0 Å². The first kappa shape index (κ1) is 16.9. The first-order valence-electron chi connectivity index (χ1n) is 9.48. The van der Waals surface area contributed by atoms with Crippen molar-refractivity contribution in [3.05, 3.63) is 71.8 Å². The molecule has 2 bridgehead atoms. The number of carbonyl (C=O) groups is 3. The molecule has 1 heterocycles. The molecule has 0 unspecified atom stereocenters. The maximum absolute atomic E-state index is 13.1. The third-order valence-corrected chi connectivity index (χ3v) is 6.07. The van der Waals surface area contributed by atoms with Crippen molar-refractivity contribution >= 4 is 23.5 Å². The third kappa shape index (κ3) is 2.43. The number of benzene rings is 2. The molecule has 2 amide bonds. The highest BCUT2D eigenvalue weighted by Gasteiger charge is 2.59. The van der Waals surface area contributed by atoms with Crippen LogP contribution in [-0.2, 0) is 9.59 Å². The molecule has 5 rings (SSSR count). The summed E-state index contributed by atoms with van der Waals surface area (Å²) >= 11 is 0. The number of allylic oxidation sites excluding steroid dienone is 2. The Balaban J connectivity index is 1.46. The fourth-order valence-corrected chi connectivity index (χ4v) is 4.72. The van der Waals surface area contributed by atoms with Crippen molar-refractivity contribution in [2.75, 3.05) is 4.90 Å². The minimum atomic E-state index is -0.520. The van der Waals surface area contributed by atoms with Gasteiger partial charge in [0.1, 0.15) is 0 Å². The van der Waals surface area contributed by atoms with Crippen molar-refractivity contribution in [3.8, 4) is 5.75 Å². The van der Waals surface area contributed by atoms with Gasteiger partial charge < -0.3 is 4.74 Å². The van der Waals surface area contributed by atoms with E-state index in [9.17, 15) is 14.4 Å². The SMILES string of the molecule is Cc1ccc(C(=O)Oc2ccccc2N2C(=O)[C@H]3[C@H](C2=O)[C@H]2C=C[C@H]3C2)cc1. The molecule has 2 aromatic carbocycles. The lowest BCUT2D eigenvalue weighted by Crippen LogP contribution is -2.33. The van der Waals surface area contributed by atoms with Crippen molar-refractivity contribution in [2.45, 2.75) is 13.3 Å². The van der Waals surface area contributed by atoms with E-state index in [0.29, 0.717) is 11.3 Å². The molecule has 140 valence electrons. The number of amides is 2. The average molecular weight is 373 g/mol. The van der Waals surface area contributed by atoms with E-state index in [2.05, 4.69) is 12.2 Å². The largest absolute Gasteiger partial charge is 0.421 e. The summed E-state index contributed by atoms with van der Waals surface area (Å²) in [6.45, 7) is 1.94. The molecular weight excluding hydrogens is 354 g/mol. The summed E-state index contributed by atoms with van der Waals surface area (Å²) in [6.07, 6.45) is 5.00. The van der Waals surface area contributed by atoms with Gasteiger partial charge in [0, 0.05) is 0 Å². The molecule has 28 heavy (non-hydrogen) atoms. The molecule has 4 atom stereocenters. The van der Waals surface area contributed by atoms with E-state index in [1.54, 1.807) is 36.4 Å². The van der Waals surface area contributed by atoms with E-state index in [1.165, 1.54) is 4.90 Å². The number of carbonyl (C=O) groups excluding carboxylic acids is 3. The summed E-state index contributed by atoms with van der Waals surface area (Å²) in [6, 6.07) is 13.8. The first-order valence-corrected chi connectivity index (χ1v) is 9.48. The summed E-state index contributed by atoms with van der Waals surface area (Å²) in [7, 11) is 0. The summed E-state index contributed by atoms with van der Waals surface area (Å²) in [4.78, 5) is 39.9. The topological polar surface area (TPSA) is 63.7 Å². The number of para-hydroxylation sites is 2. The van der Waals surface area contributed by atoms with E-state index in [0.717, 1.165) is 12.0 Å². The number of hydrogen-bond donors (Lipinski definition) is 0. The second-order valence-electron chi connectivity index (χ2n) is 7.74. The number of hydrogen-bond acceptors (Lipinski definition) is 4. The van der Waals surface area contributed by atoms with E-state index in [-0.39, 0.29) is 41.2 Å². The van der Waals surface area contributed by atoms with Crippen molar-refractivity contribution in [2.24, 2.45) is 23.7 Å². The van der Waals surface area contributed by atoms with E-state index >= 15 is 0 Å². The van der Waals surface area contributed by atoms with Gasteiger partial charge in [0.15, 0.2) is 5.75 Å². The lowest BCUT2D eigenvalue weighted by Gasteiger charge is -2.20. The number of aryl methyl sites for hydroxylation is 1. The average Bonchev–Trinajstić information content (AvgIpc) is 3.37. The highest BCUT2D eigenvalue weighted by atomic mass is 16.5. The van der Waals surface area contributed by atoms with Crippen LogP contribution in [0.25, 0.3) is 0 Å². The van der Waals surface area contributed by atoms with Crippen LogP contribution in [0.2, 0.25) is 0 Å². The summed E-state index contributed by atoms with van der Waals surface area (Å²) < 4.78 is 5.57. The van der Waals surface area contributed by atoms with Crippen molar-refractivity contribution in [1.29, 1.82) is 0 Å². The Morgan fingerprint density at radius 1 is 0.929 bits per heavy atom. The first-order chi connectivity index (χ1) is 13.5. The number of ether oxygens (including phenoxy) is 1. The molecule has 0 radical (unpaired) electrons. The van der Waals surface area contributed by atoms with Gasteiger partial charge >= 0.3 is 5.97 Å². The number of anilines is 1. The van der Waals surface area contributed by atoms with E-state index in [4.69, 9.17) is 4.74 Å². The Labute approximate surface area is 162 Å². The van der Waals surface area contributed by atoms with Gasteiger partial charge in [-0.3, -0.25) is 9.59 Å². The van der Waals surface area contributed by atoms with Gasteiger partial charge in [-0.15, -0.1) is 0 Å². The molecule has 2 aliphatic carbocycles. The van der Waals surface area contributed by atoms with Crippen LogP contribution in [0.4, 0.5) is 5.69 Å². The lowest BCUT2D eigenvalue weighted by atomic mass is 9.85. The molecular formula is C23H19NO4. The number of imide groups is 1. The van der Waals surface area contributed by atoms with Crippen molar-refractivity contribution < 1.29 is 19.1 Å². The minimum Gasteiger partial charge on any atom is -0.421 e. The van der Waals surface area contributed by atoms with Crippen LogP contribution in [0.5, 0.6) is 5.75 Å². The zero-order valence-electron chi connectivity index (χ0n) is 15.4. The zero-order valence-corrected chi connectivity index (χ0v) is 15.4. The quantitative estimate of drug-likeness (QED) is 0.357. The maximum Gasteiger partial charge on any atom is 0.343 e. The highest BCUT2D eigenvalue weighted by Crippen LogP contribution is 2.53. The zero-order chi connectivity index (χ0) is 19.4. The van der Waals surface area contributed by atoms with E-state index < -0.39 is 5.97 Å². The fraction of sp³-hybridized carbons (Fsp3) is 0.261. The van der Waals surface area contributed by atoms with Gasteiger partial charge in [0.2, 0.25) is 11.8 Å². The number of fused-ring (bicyclic) bond motifs is 5. The van der Waals surface area contributed by atoms with Gasteiger partial charge in [-0.25, -0.2) is 9.69 Å². The van der Waals surface area contributed by atoms with Gasteiger partial charge in [0.25, 0.3) is 0 Å². The molecule has 5 heteroatoms. The van der Waals surface area contributed by atoms with Crippen molar-refractivity contribution in [1.82, 2.24) is 0 Å². The predicted molar refractivity (Wildman–Crippen MR) is 103 cm³/mol. The van der Waals surface area contributed by atoms with Crippen LogP contribution in [0.15, 0.2) is 60.7 Å². The number of nitrogens with zero attached hydrogens (tertiary/aromatic N) is 1. The van der Waals surface area contributed by atoms with Crippen molar-refractivity contribution in [3.63, 3.8) is 0 Å². The molecule has 2 fully saturated rings. The van der Waals surface area contributed by atoms with Gasteiger partial charge in [0.05, 0.1) is 23.1 Å². The minimum absolute atomic E-state index is 0.138. The Morgan fingerprint density at radius 2 is 1.54 bits per heavy atom. The van der Waals surface area contributed by atoms with Gasteiger partial charge in [-0.2, -0.15) is 0 Å². The second-order valence-corrected chi connectivity index (χ2v) is 7.74. The summed E-state index contributed by atoms with van der Waals surface area (Å²) in [5, 5.41) is 0. The molecule has 1 aliphatic heterocycles. The second kappa shape index (κ2) is 6.16. The van der Waals surface area contributed by atoms with Crippen LogP contribution in [-0.4, -0.2) is 17.8 Å². The number of rotatable bonds is 3. The molecule has 2 aromatic rings. The van der Waals surface area contributed by atoms with E-state index in [1.807, 2.05) is 19.1 Å². The highest BCUT2D eigenvalue weighted by molar-refractivity contribution is 6.23. The van der Waals surface area contributed by atoms with Gasteiger partial charge in [-0.05, 0) is 49.4 Å². The van der Waals surface area contributed by atoms with Crippen LogP contribution in [0.1, 0.15) is 22.3 Å². The Bertz CT molecular complexity index is 993.